The Morgan fingerprint density at radius 3 is 1.79 bits per heavy atom. The smallest absolute Gasteiger partial charge is 0.316 e. The summed E-state index contributed by atoms with van der Waals surface area (Å²) in [6.07, 6.45) is 18.3. The molecule has 212 valence electrons. The molecule has 2 saturated carbocycles. The number of alkyl halides is 2. The van der Waals surface area contributed by atoms with Crippen molar-refractivity contribution in [2.24, 2.45) is 11.8 Å². The Morgan fingerprint density at radius 1 is 0.769 bits per heavy atom. The van der Waals surface area contributed by atoms with Crippen LogP contribution in [0.4, 0.5) is 8.78 Å². The molecule has 0 amide bonds. The zero-order valence-electron chi connectivity index (χ0n) is 23.9. The molecule has 0 saturated heterocycles. The van der Waals surface area contributed by atoms with E-state index in [1.807, 2.05) is 18.2 Å². The number of benzene rings is 2. The summed E-state index contributed by atoms with van der Waals surface area (Å²) in [5.41, 5.74) is 3.57. The lowest BCUT2D eigenvalue weighted by molar-refractivity contribution is -0.248. The molecule has 0 radical (unpaired) electrons. The minimum Gasteiger partial charge on any atom is -0.316 e. The Balaban J connectivity index is 1.20. The van der Waals surface area contributed by atoms with Gasteiger partial charge < -0.3 is 4.74 Å². The third kappa shape index (κ3) is 8.87. The van der Waals surface area contributed by atoms with Crippen molar-refractivity contribution in [3.63, 3.8) is 0 Å². The topological polar surface area (TPSA) is 9.23 Å². The Bertz CT molecular complexity index is 1010. The van der Waals surface area contributed by atoms with Crippen LogP contribution in [-0.4, -0.2) is 6.61 Å². The first-order chi connectivity index (χ1) is 19.0. The van der Waals surface area contributed by atoms with Crippen LogP contribution in [0.25, 0.3) is 0 Å². The van der Waals surface area contributed by atoms with Gasteiger partial charge in [-0.05, 0) is 131 Å². The van der Waals surface area contributed by atoms with E-state index in [1.165, 1.54) is 68.9 Å². The summed E-state index contributed by atoms with van der Waals surface area (Å²) in [4.78, 5) is 0. The van der Waals surface area contributed by atoms with Crippen LogP contribution in [0.1, 0.15) is 118 Å². The van der Waals surface area contributed by atoms with Crippen LogP contribution < -0.4 is 0 Å². The van der Waals surface area contributed by atoms with Crippen LogP contribution in [0.2, 0.25) is 0 Å². The van der Waals surface area contributed by atoms with Gasteiger partial charge in [-0.2, -0.15) is 8.78 Å². The second-order valence-corrected chi connectivity index (χ2v) is 11.9. The molecule has 3 heteroatoms. The highest BCUT2D eigenvalue weighted by Gasteiger charge is 2.33. The van der Waals surface area contributed by atoms with Gasteiger partial charge in [0.05, 0.1) is 12.2 Å². The fourth-order valence-corrected chi connectivity index (χ4v) is 6.71. The van der Waals surface area contributed by atoms with Crippen molar-refractivity contribution >= 4 is 0 Å². The van der Waals surface area contributed by atoms with E-state index in [-0.39, 0.29) is 12.2 Å². The molecule has 0 aromatic heterocycles. The maximum atomic E-state index is 14.8. The molecule has 2 aromatic rings. The number of hydrogen-bond acceptors (Lipinski definition) is 1. The average molecular weight is 535 g/mol. The molecule has 0 atom stereocenters. The zero-order chi connectivity index (χ0) is 27.5. The SMILES string of the molecule is C=CCC[C@H]1CC[C@H](c2ccc(CCOC(F)(F)c3ccc([C@H]4CC[C@H](CC/C=C/C)CC4)cc3)cc2)CC1. The maximum Gasteiger partial charge on any atom is 0.383 e. The van der Waals surface area contributed by atoms with E-state index >= 15 is 0 Å². The Kier molecular flexibility index (Phi) is 11.4. The molecule has 4 rings (SSSR count). The van der Waals surface area contributed by atoms with Gasteiger partial charge in [-0.25, -0.2) is 0 Å². The molecular weight excluding hydrogens is 486 g/mol. The van der Waals surface area contributed by atoms with Crippen LogP contribution in [0.5, 0.6) is 0 Å². The van der Waals surface area contributed by atoms with Crippen molar-refractivity contribution in [3.8, 4) is 0 Å². The minimum absolute atomic E-state index is 0.000255. The second kappa shape index (κ2) is 14.9. The van der Waals surface area contributed by atoms with Crippen LogP contribution in [0.15, 0.2) is 73.3 Å². The number of halogens is 2. The van der Waals surface area contributed by atoms with Crippen molar-refractivity contribution in [3.05, 3.63) is 95.6 Å². The molecule has 0 unspecified atom stereocenters. The summed E-state index contributed by atoms with van der Waals surface area (Å²) in [5.74, 6) is 2.76. The third-order valence-electron chi connectivity index (χ3n) is 9.29. The van der Waals surface area contributed by atoms with Crippen molar-refractivity contribution in [2.75, 3.05) is 6.61 Å². The van der Waals surface area contributed by atoms with Crippen molar-refractivity contribution in [1.29, 1.82) is 0 Å². The lowest BCUT2D eigenvalue weighted by Crippen LogP contribution is -2.20. The van der Waals surface area contributed by atoms with E-state index in [4.69, 9.17) is 4.74 Å². The van der Waals surface area contributed by atoms with E-state index < -0.39 is 6.11 Å². The summed E-state index contributed by atoms with van der Waals surface area (Å²) in [7, 11) is 0. The molecule has 2 aliphatic carbocycles. The highest BCUT2D eigenvalue weighted by molar-refractivity contribution is 5.28. The van der Waals surface area contributed by atoms with Gasteiger partial charge in [0, 0.05) is 0 Å². The number of ether oxygens (including phenoxy) is 1. The Morgan fingerprint density at radius 2 is 1.28 bits per heavy atom. The predicted octanol–water partition coefficient (Wildman–Crippen LogP) is 10.9. The monoisotopic (exact) mass is 534 g/mol. The van der Waals surface area contributed by atoms with E-state index in [2.05, 4.69) is 49.9 Å². The van der Waals surface area contributed by atoms with Gasteiger partial charge in [0.1, 0.15) is 0 Å². The van der Waals surface area contributed by atoms with Crippen molar-refractivity contribution in [2.45, 2.75) is 108 Å². The lowest BCUT2D eigenvalue weighted by Gasteiger charge is -2.29. The fourth-order valence-electron chi connectivity index (χ4n) is 6.71. The van der Waals surface area contributed by atoms with Gasteiger partial charge in [0.15, 0.2) is 0 Å². The summed E-state index contributed by atoms with van der Waals surface area (Å²) in [5, 5.41) is 0. The normalized spacial score (nSPS) is 24.2. The molecule has 0 N–H and O–H groups in total. The van der Waals surface area contributed by atoms with Crippen LogP contribution >= 0.6 is 0 Å². The zero-order valence-corrected chi connectivity index (χ0v) is 23.9. The number of hydrogen-bond donors (Lipinski definition) is 0. The molecular formula is C36H48F2O. The average Bonchev–Trinajstić information content (AvgIpc) is 2.97. The number of allylic oxidation sites excluding steroid dienone is 3. The summed E-state index contributed by atoms with van der Waals surface area (Å²) < 4.78 is 34.7. The van der Waals surface area contributed by atoms with E-state index in [9.17, 15) is 8.78 Å². The second-order valence-electron chi connectivity index (χ2n) is 11.9. The first-order valence-corrected chi connectivity index (χ1v) is 15.4. The molecule has 2 aliphatic rings. The molecule has 0 bridgehead atoms. The largest absolute Gasteiger partial charge is 0.383 e. The van der Waals surface area contributed by atoms with E-state index in [0.29, 0.717) is 18.3 Å². The predicted molar refractivity (Wildman–Crippen MR) is 159 cm³/mol. The molecule has 0 heterocycles. The maximum absolute atomic E-state index is 14.8. The van der Waals surface area contributed by atoms with Gasteiger partial charge in [-0.15, -0.1) is 6.58 Å². The first-order valence-electron chi connectivity index (χ1n) is 15.4. The van der Waals surface area contributed by atoms with Crippen LogP contribution in [-0.2, 0) is 17.3 Å². The lowest BCUT2D eigenvalue weighted by atomic mass is 9.77. The highest BCUT2D eigenvalue weighted by atomic mass is 19.3. The summed E-state index contributed by atoms with van der Waals surface area (Å²) >= 11 is 0. The van der Waals surface area contributed by atoms with Gasteiger partial charge in [0.25, 0.3) is 0 Å². The van der Waals surface area contributed by atoms with Crippen molar-refractivity contribution in [1.82, 2.24) is 0 Å². The van der Waals surface area contributed by atoms with Crippen LogP contribution in [0, 0.1) is 11.8 Å². The molecule has 2 fully saturated rings. The minimum atomic E-state index is -3.27. The van der Waals surface area contributed by atoms with E-state index in [1.54, 1.807) is 12.1 Å². The van der Waals surface area contributed by atoms with Gasteiger partial charge in [0.2, 0.25) is 0 Å². The van der Waals surface area contributed by atoms with Crippen LogP contribution in [0.3, 0.4) is 0 Å². The van der Waals surface area contributed by atoms with Crippen molar-refractivity contribution < 1.29 is 13.5 Å². The molecule has 1 nitrogen and oxygen atoms in total. The first kappa shape index (κ1) is 29.7. The van der Waals surface area contributed by atoms with Gasteiger partial charge in [-0.3, -0.25) is 0 Å². The molecule has 39 heavy (non-hydrogen) atoms. The number of rotatable bonds is 13. The standard InChI is InChI=1S/C36H48F2O/c1-3-5-7-9-29-12-18-33(19-13-29)34-22-24-35(25-23-34)36(37,38)39-27-26-30-14-20-32(21-15-30)31-16-10-28(11-17-31)8-6-4-2/h3-5,14-15,20-25,28-29,31,33H,2,6-13,16-19,26-27H2,1H3/b5-3+/t28-,29-,31-,33-. The summed E-state index contributed by atoms with van der Waals surface area (Å²) in [6, 6.07) is 15.5. The molecule has 0 spiro atoms. The molecule has 2 aromatic carbocycles. The Labute approximate surface area is 235 Å². The fraction of sp³-hybridized carbons (Fsp3) is 0.556. The third-order valence-corrected chi connectivity index (χ3v) is 9.29. The van der Waals surface area contributed by atoms with Gasteiger partial charge >= 0.3 is 6.11 Å². The highest BCUT2D eigenvalue weighted by Crippen LogP contribution is 2.39. The quantitative estimate of drug-likeness (QED) is 0.232. The van der Waals surface area contributed by atoms with E-state index in [0.717, 1.165) is 36.7 Å². The molecule has 0 aliphatic heterocycles. The van der Waals surface area contributed by atoms with Gasteiger partial charge in [-0.1, -0.05) is 66.8 Å². The Hall–Kier alpha value is -2.26. The summed E-state index contributed by atoms with van der Waals surface area (Å²) in [6.45, 7) is 5.92.